The summed E-state index contributed by atoms with van der Waals surface area (Å²) in [4.78, 5) is 14.8. The third kappa shape index (κ3) is 4.84. The zero-order valence-corrected chi connectivity index (χ0v) is 14.4. The van der Waals surface area contributed by atoms with Gasteiger partial charge in [-0.3, -0.25) is 4.79 Å². The molecule has 3 nitrogen and oxygen atoms in total. The average Bonchev–Trinajstić information content (AvgIpc) is 2.48. The van der Waals surface area contributed by atoms with Gasteiger partial charge in [0.2, 0.25) is 5.91 Å². The molecule has 0 saturated carbocycles. The van der Waals surface area contributed by atoms with Gasteiger partial charge in [0, 0.05) is 6.04 Å². The number of hydrogen-bond acceptors (Lipinski definition) is 2. The standard InChI is InChI=1S/C19H30N2O/c1-14(2)12-16-6-5-7-17(13-16)15(3)19(22)20-18-8-10-21(4)11-9-18/h5-7,13-15,18H,8-12H2,1-4H3,(H,20,22)/t15-/m0/s1. The van der Waals surface area contributed by atoms with Crippen molar-refractivity contribution in [3.05, 3.63) is 35.4 Å². The number of carbonyl (C=O) groups is 1. The van der Waals surface area contributed by atoms with E-state index in [2.05, 4.69) is 55.4 Å². The first-order chi connectivity index (χ1) is 10.5. The Kier molecular flexibility index (Phi) is 6.01. The van der Waals surface area contributed by atoms with E-state index < -0.39 is 0 Å². The van der Waals surface area contributed by atoms with Gasteiger partial charge in [0.1, 0.15) is 0 Å². The van der Waals surface area contributed by atoms with Crippen molar-refractivity contribution < 1.29 is 4.79 Å². The second-order valence-corrected chi connectivity index (χ2v) is 7.15. The minimum absolute atomic E-state index is 0.0771. The summed E-state index contributed by atoms with van der Waals surface area (Å²) in [7, 11) is 2.14. The normalized spacial score (nSPS) is 18.4. The summed E-state index contributed by atoms with van der Waals surface area (Å²) in [5.41, 5.74) is 2.45. The third-order valence-electron chi connectivity index (χ3n) is 4.55. The summed E-state index contributed by atoms with van der Waals surface area (Å²) in [6.45, 7) is 8.61. The molecule has 1 heterocycles. The highest BCUT2D eigenvalue weighted by atomic mass is 16.1. The van der Waals surface area contributed by atoms with Gasteiger partial charge in [0.15, 0.2) is 0 Å². The zero-order valence-electron chi connectivity index (χ0n) is 14.4. The Labute approximate surface area is 135 Å². The number of hydrogen-bond donors (Lipinski definition) is 1. The van der Waals surface area contributed by atoms with Gasteiger partial charge in [0.05, 0.1) is 5.92 Å². The van der Waals surface area contributed by atoms with Crippen LogP contribution in [0.4, 0.5) is 0 Å². The maximum atomic E-state index is 12.5. The molecule has 1 aliphatic heterocycles. The first kappa shape index (κ1) is 17.0. The van der Waals surface area contributed by atoms with Crippen LogP contribution in [0.1, 0.15) is 50.7 Å². The summed E-state index contributed by atoms with van der Waals surface area (Å²) >= 11 is 0. The fraction of sp³-hybridized carbons (Fsp3) is 0.632. The van der Waals surface area contributed by atoms with E-state index in [0.717, 1.165) is 37.9 Å². The van der Waals surface area contributed by atoms with Crippen molar-refractivity contribution in [3.8, 4) is 0 Å². The van der Waals surface area contributed by atoms with Crippen molar-refractivity contribution in [3.63, 3.8) is 0 Å². The summed E-state index contributed by atoms with van der Waals surface area (Å²) < 4.78 is 0. The molecular weight excluding hydrogens is 272 g/mol. The van der Waals surface area contributed by atoms with Crippen LogP contribution in [0.3, 0.4) is 0 Å². The molecule has 1 fully saturated rings. The van der Waals surface area contributed by atoms with E-state index in [9.17, 15) is 4.79 Å². The van der Waals surface area contributed by atoms with Crippen LogP contribution in [0, 0.1) is 5.92 Å². The molecule has 1 saturated heterocycles. The van der Waals surface area contributed by atoms with Crippen LogP contribution in [0.15, 0.2) is 24.3 Å². The molecule has 0 unspecified atom stereocenters. The van der Waals surface area contributed by atoms with Crippen LogP contribution in [0.25, 0.3) is 0 Å². The van der Waals surface area contributed by atoms with Crippen molar-refractivity contribution >= 4 is 5.91 Å². The molecule has 1 atom stereocenters. The number of likely N-dealkylation sites (tertiary alicyclic amines) is 1. The minimum Gasteiger partial charge on any atom is -0.353 e. The smallest absolute Gasteiger partial charge is 0.227 e. The fourth-order valence-corrected chi connectivity index (χ4v) is 3.09. The summed E-state index contributed by atoms with van der Waals surface area (Å²) in [5.74, 6) is 0.724. The lowest BCUT2D eigenvalue weighted by Crippen LogP contribution is -2.44. The molecule has 2 rings (SSSR count). The highest BCUT2D eigenvalue weighted by Gasteiger charge is 2.22. The third-order valence-corrected chi connectivity index (χ3v) is 4.55. The quantitative estimate of drug-likeness (QED) is 0.906. The van der Waals surface area contributed by atoms with Crippen molar-refractivity contribution in [2.45, 2.75) is 52.0 Å². The molecule has 1 N–H and O–H groups in total. The maximum absolute atomic E-state index is 12.5. The Morgan fingerprint density at radius 1 is 1.27 bits per heavy atom. The zero-order chi connectivity index (χ0) is 16.1. The summed E-state index contributed by atoms with van der Waals surface area (Å²) in [6, 6.07) is 8.84. The predicted octanol–water partition coefficient (Wildman–Crippen LogP) is 3.20. The van der Waals surface area contributed by atoms with Crippen molar-refractivity contribution in [2.24, 2.45) is 5.92 Å². The van der Waals surface area contributed by atoms with Crippen LogP contribution in [-0.2, 0) is 11.2 Å². The van der Waals surface area contributed by atoms with Gasteiger partial charge in [-0.1, -0.05) is 38.1 Å². The Balaban J connectivity index is 1.95. The number of amides is 1. The molecule has 1 aliphatic rings. The first-order valence-corrected chi connectivity index (χ1v) is 8.53. The Morgan fingerprint density at radius 2 is 1.95 bits per heavy atom. The van der Waals surface area contributed by atoms with E-state index in [1.807, 2.05) is 6.92 Å². The van der Waals surface area contributed by atoms with Gasteiger partial charge in [-0.15, -0.1) is 0 Å². The monoisotopic (exact) mass is 302 g/mol. The number of carbonyl (C=O) groups excluding carboxylic acids is 1. The van der Waals surface area contributed by atoms with Crippen LogP contribution in [-0.4, -0.2) is 37.0 Å². The van der Waals surface area contributed by atoms with Gasteiger partial charge in [-0.25, -0.2) is 0 Å². The lowest BCUT2D eigenvalue weighted by Gasteiger charge is -2.30. The largest absolute Gasteiger partial charge is 0.353 e. The molecule has 22 heavy (non-hydrogen) atoms. The average molecular weight is 302 g/mol. The second-order valence-electron chi connectivity index (χ2n) is 7.15. The molecule has 1 aromatic carbocycles. The topological polar surface area (TPSA) is 32.3 Å². The molecule has 3 heteroatoms. The van der Waals surface area contributed by atoms with Gasteiger partial charge >= 0.3 is 0 Å². The van der Waals surface area contributed by atoms with Crippen LogP contribution in [0.5, 0.6) is 0 Å². The Morgan fingerprint density at radius 3 is 2.59 bits per heavy atom. The molecule has 0 bridgehead atoms. The van der Waals surface area contributed by atoms with Gasteiger partial charge < -0.3 is 10.2 Å². The highest BCUT2D eigenvalue weighted by Crippen LogP contribution is 2.19. The Bertz CT molecular complexity index is 490. The lowest BCUT2D eigenvalue weighted by molar-refractivity contribution is -0.123. The first-order valence-electron chi connectivity index (χ1n) is 8.53. The molecule has 0 aliphatic carbocycles. The van der Waals surface area contributed by atoms with Crippen LogP contribution in [0.2, 0.25) is 0 Å². The van der Waals surface area contributed by atoms with Crippen LogP contribution >= 0.6 is 0 Å². The number of benzene rings is 1. The SMILES string of the molecule is CC(C)Cc1cccc([C@H](C)C(=O)NC2CCN(C)CC2)c1. The molecule has 0 radical (unpaired) electrons. The maximum Gasteiger partial charge on any atom is 0.227 e. The van der Waals surface area contributed by atoms with E-state index >= 15 is 0 Å². The van der Waals surface area contributed by atoms with Crippen molar-refractivity contribution in [1.82, 2.24) is 10.2 Å². The van der Waals surface area contributed by atoms with Gasteiger partial charge in [-0.2, -0.15) is 0 Å². The lowest BCUT2D eigenvalue weighted by atomic mass is 9.94. The minimum atomic E-state index is -0.0771. The predicted molar refractivity (Wildman–Crippen MR) is 92.1 cm³/mol. The van der Waals surface area contributed by atoms with E-state index in [4.69, 9.17) is 0 Å². The number of nitrogens with zero attached hydrogens (tertiary/aromatic N) is 1. The van der Waals surface area contributed by atoms with Crippen molar-refractivity contribution in [2.75, 3.05) is 20.1 Å². The molecule has 0 spiro atoms. The van der Waals surface area contributed by atoms with E-state index in [-0.39, 0.29) is 11.8 Å². The number of nitrogens with one attached hydrogen (secondary N) is 1. The van der Waals surface area contributed by atoms with E-state index in [1.165, 1.54) is 5.56 Å². The van der Waals surface area contributed by atoms with Crippen molar-refractivity contribution in [1.29, 1.82) is 0 Å². The molecule has 1 aromatic rings. The van der Waals surface area contributed by atoms with E-state index in [1.54, 1.807) is 0 Å². The fourth-order valence-electron chi connectivity index (χ4n) is 3.09. The van der Waals surface area contributed by atoms with Gasteiger partial charge in [0.25, 0.3) is 0 Å². The van der Waals surface area contributed by atoms with E-state index in [0.29, 0.717) is 12.0 Å². The van der Waals surface area contributed by atoms with Crippen LogP contribution < -0.4 is 5.32 Å². The number of rotatable bonds is 5. The second kappa shape index (κ2) is 7.77. The molecule has 1 amide bonds. The summed E-state index contributed by atoms with van der Waals surface area (Å²) in [6.07, 6.45) is 3.18. The molecule has 122 valence electrons. The molecule has 0 aromatic heterocycles. The molecular formula is C19H30N2O. The summed E-state index contributed by atoms with van der Waals surface area (Å²) in [5, 5.41) is 3.23. The number of piperidine rings is 1. The Hall–Kier alpha value is -1.35. The highest BCUT2D eigenvalue weighted by molar-refractivity contribution is 5.83. The van der Waals surface area contributed by atoms with Gasteiger partial charge in [-0.05, 0) is 63.4 Å².